The highest BCUT2D eigenvalue weighted by Gasteiger charge is 2.30. The van der Waals surface area contributed by atoms with E-state index in [-0.39, 0.29) is 0 Å². The van der Waals surface area contributed by atoms with Crippen molar-refractivity contribution in [1.82, 2.24) is 9.55 Å². The number of pyridine rings is 1. The SMILES string of the molecule is Cc1c(Sc2cccc(C(F)(F)F)c2)c2ccc(Cl)cc2n1-c1cccnc1. The molecule has 2 heterocycles. The maximum absolute atomic E-state index is 13.1. The molecule has 0 N–H and O–H groups in total. The number of hydrogen-bond donors (Lipinski definition) is 0. The molecule has 2 aromatic heterocycles. The largest absolute Gasteiger partial charge is 0.416 e. The first-order valence-electron chi connectivity index (χ1n) is 8.40. The van der Waals surface area contributed by atoms with Crippen molar-refractivity contribution in [3.63, 3.8) is 0 Å². The van der Waals surface area contributed by atoms with Crippen LogP contribution < -0.4 is 0 Å². The number of halogens is 4. The minimum atomic E-state index is -4.37. The summed E-state index contributed by atoms with van der Waals surface area (Å²) in [6.07, 6.45) is -0.940. The lowest BCUT2D eigenvalue weighted by Crippen LogP contribution is -2.04. The van der Waals surface area contributed by atoms with Gasteiger partial charge in [0.05, 0.1) is 23.0 Å². The van der Waals surface area contributed by atoms with Gasteiger partial charge in [-0.25, -0.2) is 0 Å². The lowest BCUT2D eigenvalue weighted by Gasteiger charge is -2.10. The summed E-state index contributed by atoms with van der Waals surface area (Å²) in [6.45, 7) is 1.94. The molecular formula is C21H14ClF3N2S. The molecule has 0 unspecified atom stereocenters. The highest BCUT2D eigenvalue weighted by atomic mass is 35.5. The van der Waals surface area contributed by atoms with E-state index in [1.807, 2.05) is 35.8 Å². The molecule has 2 aromatic carbocycles. The molecule has 0 saturated carbocycles. The van der Waals surface area contributed by atoms with Gasteiger partial charge in [-0.2, -0.15) is 13.2 Å². The van der Waals surface area contributed by atoms with Gasteiger partial charge in [0, 0.05) is 32.1 Å². The molecule has 4 aromatic rings. The highest BCUT2D eigenvalue weighted by molar-refractivity contribution is 7.99. The zero-order valence-corrected chi connectivity index (χ0v) is 16.2. The first kappa shape index (κ1) is 18.9. The zero-order valence-electron chi connectivity index (χ0n) is 14.7. The molecule has 28 heavy (non-hydrogen) atoms. The monoisotopic (exact) mass is 418 g/mol. The second kappa shape index (κ2) is 7.18. The van der Waals surface area contributed by atoms with Crippen LogP contribution in [0.2, 0.25) is 5.02 Å². The average molecular weight is 419 g/mol. The smallest absolute Gasteiger partial charge is 0.311 e. The molecule has 0 saturated heterocycles. The summed E-state index contributed by atoms with van der Waals surface area (Å²) >= 11 is 7.52. The predicted octanol–water partition coefficient (Wildman–Crippen LogP) is 7.16. The van der Waals surface area contributed by atoms with Gasteiger partial charge in [0.1, 0.15) is 0 Å². The fourth-order valence-corrected chi connectivity index (χ4v) is 4.42. The number of rotatable bonds is 3. The number of hydrogen-bond acceptors (Lipinski definition) is 2. The van der Waals surface area contributed by atoms with Crippen molar-refractivity contribution < 1.29 is 13.2 Å². The molecule has 142 valence electrons. The van der Waals surface area contributed by atoms with E-state index in [0.717, 1.165) is 33.2 Å². The van der Waals surface area contributed by atoms with Crippen LogP contribution in [0, 0.1) is 6.92 Å². The molecule has 0 radical (unpaired) electrons. The summed E-state index contributed by atoms with van der Waals surface area (Å²) < 4.78 is 41.2. The van der Waals surface area contributed by atoms with E-state index in [9.17, 15) is 13.2 Å². The van der Waals surface area contributed by atoms with Gasteiger partial charge in [0.15, 0.2) is 0 Å². The lowest BCUT2D eigenvalue weighted by atomic mass is 10.2. The normalized spacial score (nSPS) is 11.9. The molecule has 0 amide bonds. The maximum Gasteiger partial charge on any atom is 0.416 e. The van der Waals surface area contributed by atoms with Gasteiger partial charge in [-0.05, 0) is 49.4 Å². The van der Waals surface area contributed by atoms with Crippen molar-refractivity contribution in [2.75, 3.05) is 0 Å². The quantitative estimate of drug-likeness (QED) is 0.351. The average Bonchev–Trinajstić information content (AvgIpc) is 2.93. The summed E-state index contributed by atoms with van der Waals surface area (Å²) in [5.74, 6) is 0. The van der Waals surface area contributed by atoms with Crippen LogP contribution in [0.5, 0.6) is 0 Å². The van der Waals surface area contributed by atoms with Gasteiger partial charge in [0.25, 0.3) is 0 Å². The molecule has 7 heteroatoms. The van der Waals surface area contributed by atoms with Gasteiger partial charge in [0.2, 0.25) is 0 Å². The van der Waals surface area contributed by atoms with Crippen LogP contribution in [0.3, 0.4) is 0 Å². The summed E-state index contributed by atoms with van der Waals surface area (Å²) in [5.41, 5.74) is 2.00. The van der Waals surface area contributed by atoms with Crippen LogP contribution in [0.15, 0.2) is 76.8 Å². The van der Waals surface area contributed by atoms with Gasteiger partial charge in [-0.3, -0.25) is 4.98 Å². The Balaban J connectivity index is 1.88. The molecule has 0 atom stereocenters. The van der Waals surface area contributed by atoms with E-state index in [1.54, 1.807) is 24.5 Å². The molecule has 2 nitrogen and oxygen atoms in total. The molecule has 0 aliphatic rings. The number of alkyl halides is 3. The first-order chi connectivity index (χ1) is 13.3. The van der Waals surface area contributed by atoms with Crippen molar-refractivity contribution in [1.29, 1.82) is 0 Å². The Morgan fingerprint density at radius 1 is 1.04 bits per heavy atom. The number of nitrogens with zero attached hydrogens (tertiary/aromatic N) is 2. The fourth-order valence-electron chi connectivity index (χ4n) is 3.16. The molecular weight excluding hydrogens is 405 g/mol. The summed E-state index contributed by atoms with van der Waals surface area (Å²) in [7, 11) is 0. The van der Waals surface area contributed by atoms with Crippen LogP contribution in [0.1, 0.15) is 11.3 Å². The summed E-state index contributed by atoms with van der Waals surface area (Å²) in [5, 5.41) is 1.51. The number of benzene rings is 2. The van der Waals surface area contributed by atoms with Crippen molar-refractivity contribution >= 4 is 34.3 Å². The van der Waals surface area contributed by atoms with Crippen molar-refractivity contribution in [3.8, 4) is 5.69 Å². The van der Waals surface area contributed by atoms with Gasteiger partial charge >= 0.3 is 6.18 Å². The van der Waals surface area contributed by atoms with Crippen LogP contribution in [0.25, 0.3) is 16.6 Å². The Hall–Kier alpha value is -2.44. The number of fused-ring (bicyclic) bond motifs is 1. The number of aromatic nitrogens is 2. The third-order valence-electron chi connectivity index (χ3n) is 4.39. The van der Waals surface area contributed by atoms with Crippen molar-refractivity contribution in [3.05, 3.63) is 83.3 Å². The predicted molar refractivity (Wildman–Crippen MR) is 106 cm³/mol. The van der Waals surface area contributed by atoms with Crippen molar-refractivity contribution in [2.45, 2.75) is 22.9 Å². The van der Waals surface area contributed by atoms with Crippen LogP contribution in [-0.4, -0.2) is 9.55 Å². The van der Waals surface area contributed by atoms with E-state index < -0.39 is 11.7 Å². The van der Waals surface area contributed by atoms with Crippen LogP contribution in [-0.2, 0) is 6.18 Å². The van der Waals surface area contributed by atoms with E-state index in [2.05, 4.69) is 4.98 Å². The maximum atomic E-state index is 13.1. The summed E-state index contributed by atoms with van der Waals surface area (Å²) in [4.78, 5) is 5.59. The Morgan fingerprint density at radius 3 is 2.57 bits per heavy atom. The molecule has 4 rings (SSSR count). The van der Waals surface area contributed by atoms with E-state index >= 15 is 0 Å². The Labute approximate surface area is 169 Å². The molecule has 0 spiro atoms. The summed E-state index contributed by atoms with van der Waals surface area (Å²) in [6, 6.07) is 14.7. The van der Waals surface area contributed by atoms with Crippen LogP contribution in [0.4, 0.5) is 13.2 Å². The van der Waals surface area contributed by atoms with Gasteiger partial charge in [-0.15, -0.1) is 0 Å². The first-order valence-corrected chi connectivity index (χ1v) is 9.60. The zero-order chi connectivity index (χ0) is 19.9. The fraction of sp³-hybridized carbons (Fsp3) is 0.0952. The van der Waals surface area contributed by atoms with E-state index in [1.165, 1.54) is 23.9 Å². The minimum absolute atomic E-state index is 0.526. The van der Waals surface area contributed by atoms with Crippen LogP contribution >= 0.6 is 23.4 Å². The van der Waals surface area contributed by atoms with E-state index in [0.29, 0.717) is 9.92 Å². The lowest BCUT2D eigenvalue weighted by molar-refractivity contribution is -0.137. The second-order valence-electron chi connectivity index (χ2n) is 6.25. The van der Waals surface area contributed by atoms with Crippen molar-refractivity contribution in [2.24, 2.45) is 0 Å². The Kier molecular flexibility index (Phi) is 4.85. The molecule has 0 bridgehead atoms. The molecule has 0 aliphatic heterocycles. The molecule has 0 aliphatic carbocycles. The molecule has 0 fully saturated rings. The topological polar surface area (TPSA) is 17.8 Å². The Morgan fingerprint density at radius 2 is 1.86 bits per heavy atom. The van der Waals surface area contributed by atoms with E-state index in [4.69, 9.17) is 11.6 Å². The third kappa shape index (κ3) is 3.50. The second-order valence-corrected chi connectivity index (χ2v) is 7.77. The highest BCUT2D eigenvalue weighted by Crippen LogP contribution is 2.41. The third-order valence-corrected chi connectivity index (χ3v) is 5.84. The van der Waals surface area contributed by atoms with Gasteiger partial charge in [-0.1, -0.05) is 35.5 Å². The Bertz CT molecular complexity index is 1150. The van der Waals surface area contributed by atoms with Gasteiger partial charge < -0.3 is 4.57 Å². The standard InChI is InChI=1S/C21H14ClF3N2S/c1-13-20(28-17-6-2-4-14(10-17)21(23,24)25)18-8-7-15(22)11-19(18)27(13)16-5-3-9-26-12-16/h2-12H,1H3. The minimum Gasteiger partial charge on any atom is -0.311 e.